The topological polar surface area (TPSA) is 0 Å². The average Bonchev–Trinajstić information content (AvgIpc) is 2.19. The van der Waals surface area contributed by atoms with Crippen LogP contribution in [0.2, 0.25) is 0 Å². The molecular formula is C13H23Y. The first-order valence-corrected chi connectivity index (χ1v) is 5.87. The van der Waals surface area contributed by atoms with Crippen molar-refractivity contribution in [2.24, 2.45) is 5.92 Å². The Kier molecular flexibility index (Phi) is 11.5. The first-order chi connectivity index (χ1) is 6.43. The summed E-state index contributed by atoms with van der Waals surface area (Å²) in [7, 11) is 0. The van der Waals surface area contributed by atoms with Crippen LogP contribution in [0.15, 0.2) is 0 Å². The molecule has 14 heavy (non-hydrogen) atoms. The summed E-state index contributed by atoms with van der Waals surface area (Å²) in [6, 6.07) is 0. The van der Waals surface area contributed by atoms with Gasteiger partial charge in [-0.15, -0.1) is 12.8 Å². The molecule has 1 heteroatoms. The van der Waals surface area contributed by atoms with E-state index >= 15 is 0 Å². The normalized spacial score (nSPS) is 21.6. The smallest absolute Gasteiger partial charge is 0.343 e. The van der Waals surface area contributed by atoms with Crippen LogP contribution < -0.4 is 0 Å². The van der Waals surface area contributed by atoms with Gasteiger partial charge in [-0.05, 0) is 0 Å². The summed E-state index contributed by atoms with van der Waals surface area (Å²) in [4.78, 5) is 0. The predicted octanol–water partition coefficient (Wildman–Crippen LogP) is 4.37. The summed E-state index contributed by atoms with van der Waals surface area (Å²) >= 11 is 0. The molecule has 1 rings (SSSR count). The van der Waals surface area contributed by atoms with Gasteiger partial charge >= 0.3 is 32.7 Å². The zero-order chi connectivity index (χ0) is 9.36. The van der Waals surface area contributed by atoms with Crippen LogP contribution in [0.3, 0.4) is 0 Å². The summed E-state index contributed by atoms with van der Waals surface area (Å²) in [5.74, 6) is 0.935. The number of unbranched alkanes of at least 4 members (excludes halogenated alkanes) is 4. The van der Waals surface area contributed by atoms with Gasteiger partial charge in [0.25, 0.3) is 0 Å². The van der Waals surface area contributed by atoms with Gasteiger partial charge in [0.05, 0.1) is 0 Å². The largest absolute Gasteiger partial charge is 3.00 e. The molecule has 0 aromatic rings. The van der Waals surface area contributed by atoms with Crippen LogP contribution in [-0.2, 0) is 32.7 Å². The van der Waals surface area contributed by atoms with E-state index in [9.17, 15) is 0 Å². The molecule has 78 valence electrons. The second-order valence-corrected chi connectivity index (χ2v) is 4.14. The van der Waals surface area contributed by atoms with Gasteiger partial charge in [0.15, 0.2) is 0 Å². The molecule has 0 nitrogen and oxygen atoms in total. The van der Waals surface area contributed by atoms with Gasteiger partial charge in [0.2, 0.25) is 0 Å². The van der Waals surface area contributed by atoms with Gasteiger partial charge in [-0.3, -0.25) is 0 Å². The number of hydrogen-bond acceptors (Lipinski definition) is 0. The summed E-state index contributed by atoms with van der Waals surface area (Å²) < 4.78 is 0. The van der Waals surface area contributed by atoms with Gasteiger partial charge in [-0.1, -0.05) is 19.3 Å². The summed E-state index contributed by atoms with van der Waals surface area (Å²) in [5.41, 5.74) is 0. The zero-order valence-electron chi connectivity index (χ0n) is 9.38. The van der Waals surface area contributed by atoms with Crippen molar-refractivity contribution in [1.82, 2.24) is 0 Å². The number of rotatable bonds is 6. The molecule has 0 aliphatic heterocycles. The molecule has 1 aliphatic carbocycles. The first kappa shape index (κ1) is 15.1. The molecular weight excluding hydrogens is 245 g/mol. The molecule has 1 saturated carbocycles. The average molecular weight is 268 g/mol. The molecule has 0 heterocycles. The van der Waals surface area contributed by atoms with Crippen molar-refractivity contribution in [3.63, 3.8) is 0 Å². The van der Waals surface area contributed by atoms with Crippen molar-refractivity contribution in [3.8, 4) is 0 Å². The maximum Gasteiger partial charge on any atom is 3.00 e. The Morgan fingerprint density at radius 1 is 1.29 bits per heavy atom. The second-order valence-electron chi connectivity index (χ2n) is 4.14. The predicted molar refractivity (Wildman–Crippen MR) is 59.0 cm³/mol. The molecule has 0 aromatic heterocycles. The van der Waals surface area contributed by atoms with Crippen molar-refractivity contribution in [3.05, 3.63) is 19.8 Å². The monoisotopic (exact) mass is 268 g/mol. The van der Waals surface area contributed by atoms with Crippen molar-refractivity contribution in [1.29, 1.82) is 0 Å². The summed E-state index contributed by atoms with van der Waals surface area (Å²) in [5, 5.41) is 0. The fourth-order valence-electron chi connectivity index (χ4n) is 2.05. The van der Waals surface area contributed by atoms with Gasteiger partial charge in [-0.2, -0.15) is 31.6 Å². The third-order valence-electron chi connectivity index (χ3n) is 2.93. The van der Waals surface area contributed by atoms with Crippen molar-refractivity contribution in [2.75, 3.05) is 0 Å². The van der Waals surface area contributed by atoms with Gasteiger partial charge in [0, 0.05) is 0 Å². The Morgan fingerprint density at radius 2 is 2.14 bits per heavy atom. The van der Waals surface area contributed by atoms with Crippen molar-refractivity contribution in [2.45, 2.75) is 57.8 Å². The molecule has 0 radical (unpaired) electrons. The van der Waals surface area contributed by atoms with E-state index in [1.54, 1.807) is 0 Å². The second kappa shape index (κ2) is 10.6. The minimum atomic E-state index is 0. The molecule has 0 amide bonds. The van der Waals surface area contributed by atoms with E-state index in [1.807, 2.05) is 0 Å². The van der Waals surface area contributed by atoms with Crippen LogP contribution >= 0.6 is 0 Å². The first-order valence-electron chi connectivity index (χ1n) is 5.87. The van der Waals surface area contributed by atoms with Gasteiger partial charge < -0.3 is 19.8 Å². The molecule has 0 spiro atoms. The minimum absolute atomic E-state index is 0. The van der Waals surface area contributed by atoms with E-state index in [0.717, 1.165) is 12.3 Å². The van der Waals surface area contributed by atoms with Gasteiger partial charge in [-0.25, -0.2) is 0 Å². The molecule has 1 unspecified atom stereocenters. The molecule has 1 aliphatic rings. The SMILES string of the molecule is [CH2-]CCC[CH-]CCC1[CH-]CCCC1.[Y+3]. The maximum atomic E-state index is 3.85. The van der Waals surface area contributed by atoms with E-state index in [-0.39, 0.29) is 32.7 Å². The number of hydrogen-bond donors (Lipinski definition) is 0. The fourth-order valence-corrected chi connectivity index (χ4v) is 2.05. The van der Waals surface area contributed by atoms with Crippen molar-refractivity contribution >= 4 is 0 Å². The van der Waals surface area contributed by atoms with Crippen LogP contribution in [0, 0.1) is 25.7 Å². The van der Waals surface area contributed by atoms with Crippen LogP contribution in [-0.4, -0.2) is 0 Å². The van der Waals surface area contributed by atoms with E-state index in [0.29, 0.717) is 0 Å². The molecule has 0 N–H and O–H groups in total. The third kappa shape index (κ3) is 7.40. The summed E-state index contributed by atoms with van der Waals surface area (Å²) in [6.07, 6.45) is 17.1. The molecule has 1 fully saturated rings. The molecule has 0 bridgehead atoms. The van der Waals surface area contributed by atoms with Crippen molar-refractivity contribution < 1.29 is 32.7 Å². The van der Waals surface area contributed by atoms with E-state index < -0.39 is 0 Å². The quantitative estimate of drug-likeness (QED) is 0.495. The third-order valence-corrected chi connectivity index (χ3v) is 2.93. The Labute approximate surface area is 115 Å². The maximum absolute atomic E-state index is 3.85. The molecule has 0 saturated heterocycles. The molecule has 1 atom stereocenters. The van der Waals surface area contributed by atoms with E-state index in [1.165, 1.54) is 51.4 Å². The Balaban J connectivity index is 0.00000169. The zero-order valence-corrected chi connectivity index (χ0v) is 12.2. The Morgan fingerprint density at radius 3 is 2.79 bits per heavy atom. The Bertz CT molecular complexity index is 106. The van der Waals surface area contributed by atoms with Crippen LogP contribution in [0.25, 0.3) is 0 Å². The fraction of sp³-hybridized carbons (Fsp3) is 0.769. The van der Waals surface area contributed by atoms with Gasteiger partial charge in [0.1, 0.15) is 0 Å². The molecule has 0 aromatic carbocycles. The standard InChI is InChI=1S/C13H23.Y/c1-2-3-4-5-7-10-13-11-8-6-9-12-13;/h5,11,13H,1-4,6-10,12H2;/q-3;+3. The van der Waals surface area contributed by atoms with E-state index in [4.69, 9.17) is 0 Å². The van der Waals surface area contributed by atoms with Crippen LogP contribution in [0.4, 0.5) is 0 Å². The Hall–Kier alpha value is 1.10. The van der Waals surface area contributed by atoms with E-state index in [2.05, 4.69) is 19.8 Å². The van der Waals surface area contributed by atoms with Crippen LogP contribution in [0.1, 0.15) is 57.8 Å². The van der Waals surface area contributed by atoms with Crippen LogP contribution in [0.5, 0.6) is 0 Å². The summed E-state index contributed by atoms with van der Waals surface area (Å²) in [6.45, 7) is 3.85. The minimum Gasteiger partial charge on any atom is -0.343 e.